The molecule has 0 spiro atoms. The maximum atomic E-state index is 6.27. The van der Waals surface area contributed by atoms with Gasteiger partial charge in [0.15, 0.2) is 11.6 Å². The van der Waals surface area contributed by atoms with Crippen molar-refractivity contribution >= 4 is 65.6 Å². The molecule has 0 radical (unpaired) electrons. The maximum Gasteiger partial charge on any atom is 0.238 e. The fraction of sp³-hybridized carbons (Fsp3) is 0. The third-order valence-electron chi connectivity index (χ3n) is 12.4. The van der Waals surface area contributed by atoms with Crippen LogP contribution in [0, 0.1) is 0 Å². The van der Waals surface area contributed by atoms with Gasteiger partial charge in [-0.15, -0.1) is 0 Å². The van der Waals surface area contributed by atoms with Gasteiger partial charge in [-0.3, -0.25) is 4.57 Å². The fourth-order valence-corrected chi connectivity index (χ4v) is 9.49. The highest BCUT2D eigenvalue weighted by atomic mass is 16.3. The second kappa shape index (κ2) is 14.0. The highest BCUT2D eigenvalue weighted by Gasteiger charge is 2.22. The molecule has 0 aliphatic heterocycles. The normalized spacial score (nSPS) is 11.8. The Bertz CT molecular complexity index is 3850. The number of nitrogens with zero attached hydrogens (tertiary/aromatic N) is 5. The quantitative estimate of drug-likeness (QED) is 0.168. The average Bonchev–Trinajstić information content (AvgIpc) is 4.01. The number of rotatable bonds is 6. The lowest BCUT2D eigenvalue weighted by atomic mass is 9.92. The highest BCUT2D eigenvalue weighted by Crippen LogP contribution is 2.43. The first-order valence-electron chi connectivity index (χ1n) is 21.2. The average molecular weight is 806 g/mol. The molecule has 0 amide bonds. The molecule has 0 atom stereocenters. The van der Waals surface area contributed by atoms with Gasteiger partial charge in [-0.1, -0.05) is 158 Å². The molecule has 0 saturated heterocycles. The van der Waals surface area contributed by atoms with Crippen LogP contribution in [0.15, 0.2) is 217 Å². The summed E-state index contributed by atoms with van der Waals surface area (Å²) in [6, 6.07) is 74.7. The summed E-state index contributed by atoms with van der Waals surface area (Å²) in [6.45, 7) is 0. The molecule has 13 rings (SSSR count). The molecule has 0 unspecified atom stereocenters. The molecule has 0 N–H and O–H groups in total. The Balaban J connectivity index is 1.09. The van der Waals surface area contributed by atoms with E-state index in [-0.39, 0.29) is 0 Å². The first-order chi connectivity index (χ1) is 31.2. The molecule has 294 valence electrons. The van der Waals surface area contributed by atoms with Crippen molar-refractivity contribution in [2.24, 2.45) is 0 Å². The largest absolute Gasteiger partial charge is 0.456 e. The van der Waals surface area contributed by atoms with Crippen LogP contribution in [0.2, 0.25) is 0 Å². The van der Waals surface area contributed by atoms with Crippen LogP contribution < -0.4 is 0 Å². The molecule has 0 bridgehead atoms. The van der Waals surface area contributed by atoms with E-state index in [1.54, 1.807) is 0 Å². The summed E-state index contributed by atoms with van der Waals surface area (Å²) < 4.78 is 10.9. The number of aromatic nitrogens is 5. The maximum absolute atomic E-state index is 6.27. The minimum absolute atomic E-state index is 0.562. The van der Waals surface area contributed by atoms with Gasteiger partial charge in [0, 0.05) is 49.1 Å². The summed E-state index contributed by atoms with van der Waals surface area (Å²) in [4.78, 5) is 15.5. The zero-order chi connectivity index (χ0) is 41.4. The van der Waals surface area contributed by atoms with Crippen molar-refractivity contribution in [3.8, 4) is 56.7 Å². The number of hydrogen-bond donors (Lipinski definition) is 0. The fourth-order valence-electron chi connectivity index (χ4n) is 9.49. The van der Waals surface area contributed by atoms with Crippen LogP contribution in [0.1, 0.15) is 0 Å². The third kappa shape index (κ3) is 5.62. The lowest BCUT2D eigenvalue weighted by Crippen LogP contribution is -2.06. The van der Waals surface area contributed by atoms with Crippen LogP contribution in [-0.2, 0) is 0 Å². The number of para-hydroxylation sites is 3. The molecule has 0 saturated carbocycles. The van der Waals surface area contributed by atoms with E-state index in [0.717, 1.165) is 93.8 Å². The summed E-state index contributed by atoms with van der Waals surface area (Å²) in [7, 11) is 0. The van der Waals surface area contributed by atoms with Crippen LogP contribution in [-0.4, -0.2) is 24.1 Å². The second-order valence-electron chi connectivity index (χ2n) is 16.0. The minimum atomic E-state index is 0.562. The molecule has 0 aliphatic carbocycles. The summed E-state index contributed by atoms with van der Waals surface area (Å²) in [5.74, 6) is 1.80. The van der Waals surface area contributed by atoms with Crippen LogP contribution in [0.25, 0.3) is 122 Å². The van der Waals surface area contributed by atoms with Crippen LogP contribution in [0.3, 0.4) is 0 Å². The zero-order valence-electron chi connectivity index (χ0n) is 33.9. The Kier molecular flexibility index (Phi) is 7.80. The van der Waals surface area contributed by atoms with Crippen LogP contribution >= 0.6 is 0 Å². The Morgan fingerprint density at radius 1 is 0.302 bits per heavy atom. The SMILES string of the molecule is c1ccc(-c2nc(-c3ccccc3)nc(-n3c4ccccc4c4ccc(-c5cc6c(cc5-c5ccccc5)c5ccccc5n6-c5ccc6oc7ccccc7c6c5)cc43)n2)cc1. The molecule has 6 heteroatoms. The van der Waals surface area contributed by atoms with Crippen molar-refractivity contribution in [2.75, 3.05) is 0 Å². The van der Waals surface area contributed by atoms with Gasteiger partial charge in [0.2, 0.25) is 5.95 Å². The standard InChI is InChI=1S/C57H35N5O/c1-4-16-36(17-5-1)45-34-47-42-23-11-13-25-49(42)61(40-29-31-54-48(33-40)44-24-12-15-27-53(44)63-54)52(47)35-46(45)39-28-30-43-41-22-10-14-26-50(41)62(51(43)32-39)57-59-55(37-18-6-2-7-19-37)58-56(60-57)38-20-8-3-9-21-38/h1-35H. The van der Waals surface area contributed by atoms with Gasteiger partial charge in [0.05, 0.1) is 22.1 Å². The van der Waals surface area contributed by atoms with Crippen molar-refractivity contribution in [2.45, 2.75) is 0 Å². The summed E-state index contributed by atoms with van der Waals surface area (Å²) in [5, 5.41) is 6.83. The Morgan fingerprint density at radius 3 is 1.52 bits per heavy atom. The minimum Gasteiger partial charge on any atom is -0.456 e. The first-order valence-corrected chi connectivity index (χ1v) is 21.2. The molecule has 0 fully saturated rings. The van der Waals surface area contributed by atoms with E-state index in [9.17, 15) is 0 Å². The highest BCUT2D eigenvalue weighted by molar-refractivity contribution is 6.15. The van der Waals surface area contributed by atoms with Gasteiger partial charge < -0.3 is 8.98 Å². The number of hydrogen-bond acceptors (Lipinski definition) is 4. The van der Waals surface area contributed by atoms with Gasteiger partial charge in [-0.2, -0.15) is 9.97 Å². The van der Waals surface area contributed by atoms with Crippen LogP contribution in [0.5, 0.6) is 0 Å². The van der Waals surface area contributed by atoms with E-state index in [0.29, 0.717) is 17.6 Å². The molecule has 9 aromatic carbocycles. The molecule has 13 aromatic rings. The second-order valence-corrected chi connectivity index (χ2v) is 16.0. The Hall–Kier alpha value is -8.61. The van der Waals surface area contributed by atoms with Gasteiger partial charge >= 0.3 is 0 Å². The Labute approximate surface area is 361 Å². The van der Waals surface area contributed by atoms with Gasteiger partial charge in [0.25, 0.3) is 0 Å². The molecule has 4 aromatic heterocycles. The zero-order valence-corrected chi connectivity index (χ0v) is 33.9. The van der Waals surface area contributed by atoms with E-state index in [4.69, 9.17) is 19.4 Å². The lowest BCUT2D eigenvalue weighted by Gasteiger charge is -2.15. The van der Waals surface area contributed by atoms with Crippen LogP contribution in [0.4, 0.5) is 0 Å². The van der Waals surface area contributed by atoms with E-state index in [2.05, 4.69) is 149 Å². The lowest BCUT2D eigenvalue weighted by molar-refractivity contribution is 0.669. The predicted molar refractivity (Wildman–Crippen MR) is 258 cm³/mol. The van der Waals surface area contributed by atoms with Crippen molar-refractivity contribution in [1.29, 1.82) is 0 Å². The van der Waals surface area contributed by atoms with Crippen molar-refractivity contribution in [1.82, 2.24) is 24.1 Å². The number of benzene rings is 9. The van der Waals surface area contributed by atoms with E-state index >= 15 is 0 Å². The number of furan rings is 1. The molecular weight excluding hydrogens is 771 g/mol. The first kappa shape index (κ1) is 35.2. The summed E-state index contributed by atoms with van der Waals surface area (Å²) in [5.41, 5.74) is 13.5. The molecule has 4 heterocycles. The topological polar surface area (TPSA) is 61.7 Å². The molecule has 0 aliphatic rings. The molecule has 6 nitrogen and oxygen atoms in total. The predicted octanol–water partition coefficient (Wildman–Crippen LogP) is 14.6. The number of fused-ring (bicyclic) bond motifs is 9. The van der Waals surface area contributed by atoms with Gasteiger partial charge in [0.1, 0.15) is 11.2 Å². The van der Waals surface area contributed by atoms with Gasteiger partial charge in [-0.25, -0.2) is 4.98 Å². The Morgan fingerprint density at radius 2 is 0.825 bits per heavy atom. The van der Waals surface area contributed by atoms with Crippen molar-refractivity contribution < 1.29 is 4.42 Å². The monoisotopic (exact) mass is 805 g/mol. The van der Waals surface area contributed by atoms with Crippen molar-refractivity contribution in [3.05, 3.63) is 212 Å². The van der Waals surface area contributed by atoms with E-state index < -0.39 is 0 Å². The smallest absolute Gasteiger partial charge is 0.238 e. The summed E-state index contributed by atoms with van der Waals surface area (Å²) in [6.07, 6.45) is 0. The van der Waals surface area contributed by atoms with Crippen molar-refractivity contribution in [3.63, 3.8) is 0 Å². The van der Waals surface area contributed by atoms with E-state index in [1.807, 2.05) is 72.8 Å². The molecular formula is C57H35N5O. The van der Waals surface area contributed by atoms with E-state index in [1.165, 1.54) is 10.8 Å². The molecule has 63 heavy (non-hydrogen) atoms. The third-order valence-corrected chi connectivity index (χ3v) is 12.4. The van der Waals surface area contributed by atoms with Gasteiger partial charge in [-0.05, 0) is 76.9 Å². The summed E-state index contributed by atoms with van der Waals surface area (Å²) >= 11 is 0.